The molecule has 1 aliphatic carbocycles. The van der Waals surface area contributed by atoms with Gasteiger partial charge >= 0.3 is 0 Å². The van der Waals surface area contributed by atoms with Crippen molar-refractivity contribution in [3.05, 3.63) is 183 Å². The zero-order valence-electron chi connectivity index (χ0n) is 29.4. The van der Waals surface area contributed by atoms with E-state index in [2.05, 4.69) is 151 Å². The Kier molecular flexibility index (Phi) is 7.11. The quantitative estimate of drug-likeness (QED) is 0.184. The standard InChI is InChI=1S/C46H41N5O/c1-28-15-19-30(20-16-28)23-33-25-47-27-45(44(33)52)41(31-21-17-29(2)18-22-31)40(24-32-26-48-37-12-6-4-9-34(32)37)51-46(45)36-11-5-3-10-35(36)42-43(46)50-39-14-8-7-13-38(39)49-42/h3-23,26,40-43,47-48,51H,24-25,27H2,1-2H3/b33-23+. The number of aromatic amines is 1. The molecule has 0 amide bonds. The maximum Gasteiger partial charge on any atom is 0.170 e. The van der Waals surface area contributed by atoms with Crippen LogP contribution in [0.1, 0.15) is 50.9 Å². The molecule has 0 saturated carbocycles. The third-order valence-corrected chi connectivity index (χ3v) is 12.3. The van der Waals surface area contributed by atoms with E-state index in [0.717, 1.165) is 44.9 Å². The van der Waals surface area contributed by atoms with Crippen LogP contribution in [0, 0.1) is 19.3 Å². The number of nitrogens with one attached hydrogen (secondary N) is 3. The highest BCUT2D eigenvalue weighted by atomic mass is 16.1. The van der Waals surface area contributed by atoms with Gasteiger partial charge in [-0.25, -0.2) is 0 Å². The molecule has 6 nitrogen and oxygen atoms in total. The average Bonchev–Trinajstić information content (AvgIpc) is 3.80. The fourth-order valence-corrected chi connectivity index (χ4v) is 10.1. The van der Waals surface area contributed by atoms with Gasteiger partial charge in [-0.2, -0.15) is 0 Å². The van der Waals surface area contributed by atoms with Crippen LogP contribution in [0.25, 0.3) is 17.0 Å². The summed E-state index contributed by atoms with van der Waals surface area (Å²) in [5.74, 6) is 0.0125. The molecular formula is C46H41N5O. The second-order valence-electron chi connectivity index (χ2n) is 15.2. The molecule has 10 rings (SSSR count). The summed E-state index contributed by atoms with van der Waals surface area (Å²) in [5, 5.41) is 11.2. The van der Waals surface area contributed by atoms with Crippen LogP contribution in [-0.2, 0) is 16.8 Å². The monoisotopic (exact) mass is 679 g/mol. The molecule has 5 aromatic carbocycles. The topological polar surface area (TPSA) is 81.6 Å². The van der Waals surface area contributed by atoms with E-state index in [9.17, 15) is 0 Å². The van der Waals surface area contributed by atoms with Gasteiger partial charge in [0, 0.05) is 47.7 Å². The Morgan fingerprint density at radius 2 is 1.48 bits per heavy atom. The van der Waals surface area contributed by atoms with Crippen molar-refractivity contribution < 1.29 is 4.79 Å². The van der Waals surface area contributed by atoms with Crippen molar-refractivity contribution >= 4 is 22.8 Å². The molecule has 256 valence electrons. The molecule has 1 aromatic heterocycles. The van der Waals surface area contributed by atoms with Gasteiger partial charge in [0.1, 0.15) is 12.1 Å². The van der Waals surface area contributed by atoms with E-state index in [1.807, 2.05) is 12.1 Å². The highest BCUT2D eigenvalue weighted by Crippen LogP contribution is 2.66. The van der Waals surface area contributed by atoms with Gasteiger partial charge in [-0.3, -0.25) is 14.8 Å². The highest BCUT2D eigenvalue weighted by molar-refractivity contribution is 6.07. The zero-order chi connectivity index (χ0) is 35.0. The number of hydrogen-bond donors (Lipinski definition) is 3. The summed E-state index contributed by atoms with van der Waals surface area (Å²) in [6.07, 6.45) is 5.00. The summed E-state index contributed by atoms with van der Waals surface area (Å²) in [4.78, 5) is 30.7. The van der Waals surface area contributed by atoms with Gasteiger partial charge in [0.05, 0.1) is 21.7 Å². The number of nitrogens with zero attached hydrogens (tertiary/aromatic N) is 2. The maximum absolute atomic E-state index is 16.1. The van der Waals surface area contributed by atoms with Crippen LogP contribution >= 0.6 is 0 Å². The Bertz CT molecular complexity index is 2530. The summed E-state index contributed by atoms with van der Waals surface area (Å²) >= 11 is 0. The number of H-pyrrole nitrogens is 1. The summed E-state index contributed by atoms with van der Waals surface area (Å²) in [5.41, 5.74) is 8.25. The molecule has 0 bridgehead atoms. The largest absolute Gasteiger partial charge is 0.361 e. The van der Waals surface area contributed by atoms with Gasteiger partial charge in [-0.15, -0.1) is 0 Å². The third-order valence-electron chi connectivity index (χ3n) is 12.3. The maximum atomic E-state index is 16.1. The molecule has 6 aromatic rings. The van der Waals surface area contributed by atoms with Crippen molar-refractivity contribution in [1.82, 2.24) is 15.6 Å². The molecular weight excluding hydrogens is 639 g/mol. The van der Waals surface area contributed by atoms with Crippen LogP contribution in [0.5, 0.6) is 0 Å². The molecule has 52 heavy (non-hydrogen) atoms. The number of rotatable bonds is 4. The van der Waals surface area contributed by atoms with Crippen LogP contribution in [0.15, 0.2) is 143 Å². The van der Waals surface area contributed by atoms with Crippen molar-refractivity contribution in [2.24, 2.45) is 15.4 Å². The SMILES string of the molecule is Cc1ccc(/C=C2\CNCC3(C2=O)C(c2ccc(C)cc2)C(Cc2c[nH]c4ccccc24)NC32c3ccccc3C3N=c4ccccc4=NC32)cc1. The number of piperidine rings is 1. The van der Waals surface area contributed by atoms with E-state index >= 15 is 4.79 Å². The van der Waals surface area contributed by atoms with E-state index in [1.54, 1.807) is 0 Å². The fraction of sp³-hybridized carbons (Fsp3) is 0.239. The fourth-order valence-electron chi connectivity index (χ4n) is 10.1. The van der Waals surface area contributed by atoms with Gasteiger partial charge in [0.15, 0.2) is 5.78 Å². The number of aromatic nitrogens is 1. The number of aryl methyl sites for hydroxylation is 2. The van der Waals surface area contributed by atoms with Gasteiger partial charge in [-0.1, -0.05) is 114 Å². The third kappa shape index (κ3) is 4.47. The normalized spacial score (nSPS) is 28.1. The molecule has 6 unspecified atom stereocenters. The van der Waals surface area contributed by atoms with Crippen LogP contribution in [0.2, 0.25) is 0 Å². The minimum Gasteiger partial charge on any atom is -0.361 e. The number of Topliss-reactive ketones (excluding diaryl/α,β-unsaturated/α-hetero) is 1. The molecule has 3 N–H and O–H groups in total. The predicted octanol–water partition coefficient (Wildman–Crippen LogP) is 6.60. The zero-order valence-corrected chi connectivity index (χ0v) is 29.4. The van der Waals surface area contributed by atoms with Crippen molar-refractivity contribution in [1.29, 1.82) is 0 Å². The number of carbonyl (C=O) groups is 1. The molecule has 6 heteroatoms. The summed E-state index contributed by atoms with van der Waals surface area (Å²) in [6, 6.07) is 42.1. The number of benzene rings is 5. The van der Waals surface area contributed by atoms with Gasteiger partial charge in [0.2, 0.25) is 0 Å². The molecule has 4 heterocycles. The molecule has 0 radical (unpaired) electrons. The Morgan fingerprint density at radius 3 is 2.29 bits per heavy atom. The Labute approximate surface area is 303 Å². The van der Waals surface area contributed by atoms with E-state index in [4.69, 9.17) is 9.98 Å². The minimum atomic E-state index is -0.936. The highest BCUT2D eigenvalue weighted by Gasteiger charge is 2.75. The van der Waals surface area contributed by atoms with Crippen molar-refractivity contribution in [2.45, 2.75) is 49.9 Å². The number of carbonyl (C=O) groups excluding carboxylic acids is 1. The second-order valence-corrected chi connectivity index (χ2v) is 15.2. The lowest BCUT2D eigenvalue weighted by molar-refractivity contribution is -0.131. The van der Waals surface area contributed by atoms with Crippen molar-refractivity contribution in [3.8, 4) is 0 Å². The van der Waals surface area contributed by atoms with Crippen molar-refractivity contribution in [3.63, 3.8) is 0 Å². The lowest BCUT2D eigenvalue weighted by atomic mass is 9.54. The van der Waals surface area contributed by atoms with Gasteiger partial charge < -0.3 is 15.6 Å². The van der Waals surface area contributed by atoms with Crippen molar-refractivity contribution in [2.75, 3.05) is 13.1 Å². The molecule has 4 aliphatic rings. The number of hydrogen-bond acceptors (Lipinski definition) is 5. The predicted molar refractivity (Wildman–Crippen MR) is 206 cm³/mol. The van der Waals surface area contributed by atoms with E-state index in [1.165, 1.54) is 27.6 Å². The minimum absolute atomic E-state index is 0.0921. The van der Waals surface area contributed by atoms with Gasteiger partial charge in [-0.05, 0) is 72.4 Å². The first-order valence-corrected chi connectivity index (χ1v) is 18.5. The van der Waals surface area contributed by atoms with E-state index in [0.29, 0.717) is 13.1 Å². The lowest BCUT2D eigenvalue weighted by Crippen LogP contribution is -2.66. The van der Waals surface area contributed by atoms with Crippen LogP contribution in [-0.4, -0.2) is 35.9 Å². The number of ketones is 1. The molecule has 3 aliphatic heterocycles. The summed E-state index contributed by atoms with van der Waals surface area (Å²) in [7, 11) is 0. The van der Waals surface area contributed by atoms with Crippen LogP contribution in [0.4, 0.5) is 0 Å². The lowest BCUT2D eigenvalue weighted by Gasteiger charge is -2.51. The first-order valence-electron chi connectivity index (χ1n) is 18.5. The van der Waals surface area contributed by atoms with Gasteiger partial charge in [0.25, 0.3) is 0 Å². The van der Waals surface area contributed by atoms with Crippen LogP contribution in [0.3, 0.4) is 0 Å². The second kappa shape index (κ2) is 11.8. The first kappa shape index (κ1) is 31.3. The Hall–Kier alpha value is -5.43. The van der Waals surface area contributed by atoms with Crippen LogP contribution < -0.4 is 21.3 Å². The number of para-hydroxylation sites is 3. The molecule has 2 spiro atoms. The summed E-state index contributed by atoms with van der Waals surface area (Å²) < 4.78 is 0. The number of fused-ring (bicyclic) bond motifs is 8. The van der Waals surface area contributed by atoms with E-state index in [-0.39, 0.29) is 29.8 Å². The molecule has 6 atom stereocenters. The smallest absolute Gasteiger partial charge is 0.170 e. The average molecular weight is 680 g/mol. The molecule has 2 saturated heterocycles. The van der Waals surface area contributed by atoms with E-state index < -0.39 is 11.0 Å². The summed E-state index contributed by atoms with van der Waals surface area (Å²) in [6.45, 7) is 5.25. The Morgan fingerprint density at radius 1 is 0.788 bits per heavy atom. The first-order chi connectivity index (χ1) is 25.5. The Balaban J connectivity index is 1.26. The molecule has 2 fully saturated rings.